The molecule has 1 aromatic rings. The summed E-state index contributed by atoms with van der Waals surface area (Å²) >= 11 is 0. The molecule has 0 heterocycles. The zero-order valence-electron chi connectivity index (χ0n) is 11.7. The van der Waals surface area contributed by atoms with Gasteiger partial charge >= 0.3 is 0 Å². The fraction of sp³-hybridized carbons (Fsp3) is 0.462. The Morgan fingerprint density at radius 2 is 1.74 bits per heavy atom. The first-order chi connectivity index (χ1) is 8.73. The Kier molecular flexibility index (Phi) is 5.08. The van der Waals surface area contributed by atoms with Crippen molar-refractivity contribution in [2.75, 3.05) is 19.4 Å². The van der Waals surface area contributed by atoms with E-state index in [1.807, 2.05) is 13.8 Å². The smallest absolute Gasteiger partial charge is 0.242 e. The predicted molar refractivity (Wildman–Crippen MR) is 75.4 cm³/mol. The Morgan fingerprint density at radius 1 is 1.21 bits per heavy atom. The highest BCUT2D eigenvalue weighted by Crippen LogP contribution is 2.17. The molecule has 0 aliphatic heterocycles. The molecule has 106 valence electrons. The summed E-state index contributed by atoms with van der Waals surface area (Å²) in [7, 11) is -0.461. The van der Waals surface area contributed by atoms with Gasteiger partial charge in [0.15, 0.2) is 0 Å². The molecule has 0 aliphatic carbocycles. The van der Waals surface area contributed by atoms with Crippen molar-refractivity contribution in [3.63, 3.8) is 0 Å². The van der Waals surface area contributed by atoms with Crippen molar-refractivity contribution in [3.8, 4) is 0 Å². The zero-order chi connectivity index (χ0) is 14.6. The molecule has 5 nitrogen and oxygen atoms in total. The number of hydrogen-bond donors (Lipinski definition) is 1. The van der Waals surface area contributed by atoms with Gasteiger partial charge in [-0.1, -0.05) is 13.8 Å². The van der Waals surface area contributed by atoms with Gasteiger partial charge < -0.3 is 5.32 Å². The molecule has 0 fully saturated rings. The number of carbonyl (C=O) groups excluding carboxylic acids is 1. The van der Waals surface area contributed by atoms with E-state index in [1.54, 1.807) is 12.1 Å². The first-order valence-corrected chi connectivity index (χ1v) is 7.50. The molecule has 0 bridgehead atoms. The van der Waals surface area contributed by atoms with Crippen molar-refractivity contribution >= 4 is 21.6 Å². The van der Waals surface area contributed by atoms with E-state index in [0.29, 0.717) is 12.1 Å². The van der Waals surface area contributed by atoms with Crippen LogP contribution in [0.4, 0.5) is 5.69 Å². The van der Waals surface area contributed by atoms with Crippen molar-refractivity contribution in [1.82, 2.24) is 4.31 Å². The number of nitrogens with zero attached hydrogens (tertiary/aromatic N) is 1. The van der Waals surface area contributed by atoms with E-state index in [2.05, 4.69) is 5.32 Å². The third-order valence-electron chi connectivity index (χ3n) is 2.51. The summed E-state index contributed by atoms with van der Waals surface area (Å²) in [6, 6.07) is 6.16. The summed E-state index contributed by atoms with van der Waals surface area (Å²) in [5.74, 6) is 0.214. The van der Waals surface area contributed by atoms with Crippen LogP contribution in [0, 0.1) is 5.92 Å². The highest BCUT2D eigenvalue weighted by Gasteiger charge is 2.16. The fourth-order valence-corrected chi connectivity index (χ4v) is 2.41. The zero-order valence-corrected chi connectivity index (χ0v) is 12.5. The lowest BCUT2D eigenvalue weighted by Crippen LogP contribution is -2.22. The number of carbonyl (C=O) groups is 1. The average molecular weight is 284 g/mol. The third kappa shape index (κ3) is 4.33. The van der Waals surface area contributed by atoms with Gasteiger partial charge in [0.25, 0.3) is 0 Å². The minimum Gasteiger partial charge on any atom is -0.326 e. The maximum Gasteiger partial charge on any atom is 0.242 e. The molecule has 0 radical (unpaired) electrons. The summed E-state index contributed by atoms with van der Waals surface area (Å²) < 4.78 is 24.9. The topological polar surface area (TPSA) is 66.5 Å². The molecular weight excluding hydrogens is 264 g/mol. The second kappa shape index (κ2) is 6.16. The number of rotatable bonds is 5. The largest absolute Gasteiger partial charge is 0.326 e. The molecule has 1 amide bonds. The molecule has 0 saturated heterocycles. The van der Waals surface area contributed by atoms with Crippen LogP contribution in [-0.4, -0.2) is 32.7 Å². The first kappa shape index (κ1) is 15.7. The van der Waals surface area contributed by atoms with Crippen LogP contribution in [0.1, 0.15) is 20.3 Å². The average Bonchev–Trinajstić information content (AvgIpc) is 2.28. The van der Waals surface area contributed by atoms with Crippen LogP contribution in [0.25, 0.3) is 0 Å². The van der Waals surface area contributed by atoms with Crippen LogP contribution >= 0.6 is 0 Å². The molecule has 0 atom stereocenters. The normalized spacial score (nSPS) is 11.9. The SMILES string of the molecule is CC(C)CC(=O)Nc1ccc(S(=O)(=O)N(C)C)cc1. The molecule has 0 aromatic heterocycles. The van der Waals surface area contributed by atoms with Crippen LogP contribution in [0.2, 0.25) is 0 Å². The van der Waals surface area contributed by atoms with Crippen LogP contribution in [-0.2, 0) is 14.8 Å². The Morgan fingerprint density at radius 3 is 2.16 bits per heavy atom. The van der Waals surface area contributed by atoms with Gasteiger partial charge in [-0.05, 0) is 30.2 Å². The van der Waals surface area contributed by atoms with E-state index in [9.17, 15) is 13.2 Å². The van der Waals surface area contributed by atoms with E-state index in [4.69, 9.17) is 0 Å². The Hall–Kier alpha value is -1.40. The van der Waals surface area contributed by atoms with Crippen molar-refractivity contribution in [2.45, 2.75) is 25.2 Å². The molecule has 6 heteroatoms. The van der Waals surface area contributed by atoms with Crippen molar-refractivity contribution in [3.05, 3.63) is 24.3 Å². The molecule has 19 heavy (non-hydrogen) atoms. The van der Waals surface area contributed by atoms with E-state index in [0.717, 1.165) is 4.31 Å². The number of sulfonamides is 1. The molecule has 0 spiro atoms. The summed E-state index contributed by atoms with van der Waals surface area (Å²) in [4.78, 5) is 11.8. The van der Waals surface area contributed by atoms with Gasteiger partial charge in [0.1, 0.15) is 0 Å². The van der Waals surface area contributed by atoms with E-state index >= 15 is 0 Å². The molecule has 1 aromatic carbocycles. The first-order valence-electron chi connectivity index (χ1n) is 6.06. The number of nitrogens with one attached hydrogen (secondary N) is 1. The highest BCUT2D eigenvalue weighted by molar-refractivity contribution is 7.89. The monoisotopic (exact) mass is 284 g/mol. The summed E-state index contributed by atoms with van der Waals surface area (Å²) in [5.41, 5.74) is 0.600. The lowest BCUT2D eigenvalue weighted by Gasteiger charge is -2.12. The van der Waals surface area contributed by atoms with Gasteiger partial charge in [0.05, 0.1) is 4.90 Å². The molecule has 0 unspecified atom stereocenters. The van der Waals surface area contributed by atoms with Gasteiger partial charge in [-0.15, -0.1) is 0 Å². The van der Waals surface area contributed by atoms with Crippen LogP contribution in [0.15, 0.2) is 29.2 Å². The summed E-state index contributed by atoms with van der Waals surface area (Å²) in [6.07, 6.45) is 0.442. The second-order valence-electron chi connectivity index (χ2n) is 4.96. The van der Waals surface area contributed by atoms with Gasteiger partial charge in [0.2, 0.25) is 15.9 Å². The molecule has 1 rings (SSSR count). The predicted octanol–water partition coefficient (Wildman–Crippen LogP) is 1.92. The number of benzene rings is 1. The Labute approximate surface area is 114 Å². The lowest BCUT2D eigenvalue weighted by atomic mass is 10.1. The van der Waals surface area contributed by atoms with Gasteiger partial charge in [-0.3, -0.25) is 4.79 Å². The van der Waals surface area contributed by atoms with Crippen molar-refractivity contribution < 1.29 is 13.2 Å². The quantitative estimate of drug-likeness (QED) is 0.898. The Bertz CT molecular complexity index is 534. The molecule has 0 saturated carbocycles. The second-order valence-corrected chi connectivity index (χ2v) is 7.11. The van der Waals surface area contributed by atoms with Crippen LogP contribution < -0.4 is 5.32 Å². The number of hydrogen-bond acceptors (Lipinski definition) is 3. The fourth-order valence-electron chi connectivity index (χ4n) is 1.50. The summed E-state index contributed by atoms with van der Waals surface area (Å²) in [6.45, 7) is 3.93. The van der Waals surface area contributed by atoms with Crippen molar-refractivity contribution in [1.29, 1.82) is 0 Å². The molecule has 0 aliphatic rings. The van der Waals surface area contributed by atoms with Gasteiger partial charge in [-0.2, -0.15) is 0 Å². The molecular formula is C13H20N2O3S. The number of amides is 1. The van der Waals surface area contributed by atoms with Crippen LogP contribution in [0.5, 0.6) is 0 Å². The number of anilines is 1. The van der Waals surface area contributed by atoms with Crippen LogP contribution in [0.3, 0.4) is 0 Å². The maximum atomic E-state index is 11.8. The van der Waals surface area contributed by atoms with E-state index < -0.39 is 10.0 Å². The van der Waals surface area contributed by atoms with Crippen molar-refractivity contribution in [2.24, 2.45) is 5.92 Å². The lowest BCUT2D eigenvalue weighted by molar-refractivity contribution is -0.116. The summed E-state index contributed by atoms with van der Waals surface area (Å²) in [5, 5.41) is 2.73. The van der Waals surface area contributed by atoms with Gasteiger partial charge in [-0.25, -0.2) is 12.7 Å². The minimum atomic E-state index is -3.42. The van der Waals surface area contributed by atoms with Gasteiger partial charge in [0, 0.05) is 26.2 Å². The third-order valence-corrected chi connectivity index (χ3v) is 4.34. The maximum absolute atomic E-state index is 11.8. The van der Waals surface area contributed by atoms with E-state index in [-0.39, 0.29) is 16.7 Å². The standard InChI is InChI=1S/C13H20N2O3S/c1-10(2)9-13(16)14-11-5-7-12(8-6-11)19(17,18)15(3)4/h5-8,10H,9H2,1-4H3,(H,14,16). The Balaban J connectivity index is 2.81. The molecule has 1 N–H and O–H groups in total. The van der Waals surface area contributed by atoms with E-state index in [1.165, 1.54) is 26.2 Å². The minimum absolute atomic E-state index is 0.0711. The highest BCUT2D eigenvalue weighted by atomic mass is 32.2.